The van der Waals surface area contributed by atoms with E-state index in [1.165, 1.54) is 14.2 Å². The monoisotopic (exact) mass is 352 g/mol. The second kappa shape index (κ2) is 5.83. The fraction of sp³-hybridized carbons (Fsp3) is 0.722. The fourth-order valence-corrected chi connectivity index (χ4v) is 6.96. The van der Waals surface area contributed by atoms with E-state index in [-0.39, 0.29) is 29.2 Å². The van der Waals surface area contributed by atoms with E-state index in [2.05, 4.69) is 33.9 Å². The van der Waals surface area contributed by atoms with E-state index in [4.69, 9.17) is 9.47 Å². The smallest absolute Gasteiger partial charge is 0.323 e. The molecule has 0 bridgehead atoms. The maximum atomic E-state index is 12.7. The number of rotatable bonds is 3. The Balaban J connectivity index is 2.45. The Kier molecular flexibility index (Phi) is 4.59. The highest BCUT2D eigenvalue weighted by molar-refractivity contribution is 6.85. The molecule has 2 aliphatic rings. The van der Waals surface area contributed by atoms with Gasteiger partial charge in [-0.3, -0.25) is 14.4 Å². The molecule has 0 aliphatic heterocycles. The number of carbonyl (C=O) groups excluding carboxylic acids is 3. The molecule has 0 N–H and O–H groups in total. The normalized spacial score (nSPS) is 23.3. The third-order valence-corrected chi connectivity index (χ3v) is 12.3. The zero-order valence-electron chi connectivity index (χ0n) is 15.7. The molecule has 0 spiro atoms. The number of allylic oxidation sites excluding steroid dienone is 2. The zero-order valence-corrected chi connectivity index (χ0v) is 16.7. The molecule has 6 heteroatoms. The maximum absolute atomic E-state index is 12.7. The molecule has 0 heterocycles. The summed E-state index contributed by atoms with van der Waals surface area (Å²) in [6, 6.07) is 0. The van der Waals surface area contributed by atoms with Crippen LogP contribution in [-0.4, -0.2) is 40.0 Å². The predicted octanol–water partition coefficient (Wildman–Crippen LogP) is 3.26. The summed E-state index contributed by atoms with van der Waals surface area (Å²) in [5.41, 5.74) is 0.506. The first-order chi connectivity index (χ1) is 10.9. The van der Waals surface area contributed by atoms with Crippen molar-refractivity contribution in [3.05, 3.63) is 11.1 Å². The average Bonchev–Trinajstić information content (AvgIpc) is 2.97. The number of hydrogen-bond acceptors (Lipinski definition) is 5. The van der Waals surface area contributed by atoms with Gasteiger partial charge in [0.25, 0.3) is 0 Å². The molecule has 0 aromatic carbocycles. The topological polar surface area (TPSA) is 69.7 Å². The van der Waals surface area contributed by atoms with Gasteiger partial charge < -0.3 is 9.47 Å². The molecule has 24 heavy (non-hydrogen) atoms. The van der Waals surface area contributed by atoms with Crippen molar-refractivity contribution in [2.45, 2.75) is 63.7 Å². The van der Waals surface area contributed by atoms with Crippen molar-refractivity contribution < 1.29 is 23.9 Å². The van der Waals surface area contributed by atoms with Gasteiger partial charge in [-0.2, -0.15) is 0 Å². The van der Waals surface area contributed by atoms with E-state index in [0.717, 1.165) is 11.1 Å². The average molecular weight is 353 g/mol. The van der Waals surface area contributed by atoms with Crippen molar-refractivity contribution >= 4 is 25.8 Å². The lowest BCUT2D eigenvalue weighted by molar-refractivity contribution is -0.168. The van der Waals surface area contributed by atoms with E-state index >= 15 is 0 Å². The summed E-state index contributed by atoms with van der Waals surface area (Å²) >= 11 is 0. The number of ether oxygens (including phenoxy) is 2. The van der Waals surface area contributed by atoms with Crippen molar-refractivity contribution in [3.63, 3.8) is 0 Å². The van der Waals surface area contributed by atoms with Crippen LogP contribution in [0.5, 0.6) is 0 Å². The summed E-state index contributed by atoms with van der Waals surface area (Å²) < 4.78 is 9.80. The number of methoxy groups -OCH3 is 2. The molecule has 1 unspecified atom stereocenters. The summed E-state index contributed by atoms with van der Waals surface area (Å²) in [5, 5.41) is 0.0392. The Hall–Kier alpha value is -1.43. The Labute approximate surface area is 144 Å². The van der Waals surface area contributed by atoms with E-state index < -0.39 is 25.4 Å². The van der Waals surface area contributed by atoms with Crippen LogP contribution in [0.3, 0.4) is 0 Å². The molecule has 0 aromatic rings. The van der Waals surface area contributed by atoms with Crippen molar-refractivity contribution in [3.8, 4) is 0 Å². The lowest BCUT2D eigenvalue weighted by atomic mass is 9.82. The van der Waals surface area contributed by atoms with Crippen LogP contribution in [-0.2, 0) is 23.9 Å². The molecule has 2 rings (SSSR count). The molecule has 5 nitrogen and oxygen atoms in total. The minimum Gasteiger partial charge on any atom is -0.468 e. The molecule has 1 atom stereocenters. The van der Waals surface area contributed by atoms with Gasteiger partial charge in [0.1, 0.15) is 5.78 Å². The molecule has 0 aromatic heterocycles. The Morgan fingerprint density at radius 2 is 1.58 bits per heavy atom. The van der Waals surface area contributed by atoms with Crippen LogP contribution < -0.4 is 0 Å². The van der Waals surface area contributed by atoms with Crippen LogP contribution in [0.25, 0.3) is 0 Å². The zero-order chi connectivity index (χ0) is 18.5. The fourth-order valence-electron chi connectivity index (χ4n) is 4.01. The van der Waals surface area contributed by atoms with Crippen molar-refractivity contribution in [1.29, 1.82) is 0 Å². The first kappa shape index (κ1) is 18.9. The second-order valence-electron chi connectivity index (χ2n) is 8.60. The first-order valence-electron chi connectivity index (χ1n) is 8.32. The van der Waals surface area contributed by atoms with Crippen molar-refractivity contribution in [1.82, 2.24) is 0 Å². The van der Waals surface area contributed by atoms with Gasteiger partial charge in [-0.15, -0.1) is 0 Å². The largest absolute Gasteiger partial charge is 0.468 e. The van der Waals surface area contributed by atoms with Crippen LogP contribution in [0.2, 0.25) is 23.7 Å². The number of Topliss-reactive ketones (excluding diaryl/α,β-unsaturated/α-hetero) is 1. The molecule has 0 fully saturated rings. The highest BCUT2D eigenvalue weighted by Crippen LogP contribution is 2.59. The summed E-state index contributed by atoms with van der Waals surface area (Å²) in [6.45, 7) is 11.0. The Morgan fingerprint density at radius 1 is 1.08 bits per heavy atom. The van der Waals surface area contributed by atoms with Gasteiger partial charge in [-0.1, -0.05) is 45.0 Å². The number of esters is 2. The summed E-state index contributed by atoms with van der Waals surface area (Å²) in [4.78, 5) is 37.5. The van der Waals surface area contributed by atoms with Crippen LogP contribution in [0, 0.1) is 5.41 Å². The molecular weight excluding hydrogens is 324 g/mol. The SMILES string of the molecule is COC(=O)C1(C(=O)OC)CC2=C(C1)C([Si](C)(C)C(C)(C)C)C(=O)C2. The molecule has 0 saturated carbocycles. The standard InChI is InChI=1S/C18H28O5Si/c1-17(2,3)24(6,7)14-12-10-18(15(20)22-4,16(21)23-5)9-11(12)8-13(14)19/h14H,8-10H2,1-7H3. The molecule has 0 radical (unpaired) electrons. The van der Waals surface area contributed by atoms with Crippen molar-refractivity contribution in [2.24, 2.45) is 5.41 Å². The van der Waals surface area contributed by atoms with Crippen LogP contribution in [0.4, 0.5) is 0 Å². The summed E-state index contributed by atoms with van der Waals surface area (Å²) in [7, 11) is 0.584. The Bertz CT molecular complexity index is 608. The van der Waals surface area contributed by atoms with E-state index in [0.29, 0.717) is 6.42 Å². The van der Waals surface area contributed by atoms with Gasteiger partial charge in [0.15, 0.2) is 5.41 Å². The van der Waals surface area contributed by atoms with Gasteiger partial charge in [0, 0.05) is 12.0 Å². The van der Waals surface area contributed by atoms with E-state index in [1.54, 1.807) is 0 Å². The molecule has 134 valence electrons. The summed E-state index contributed by atoms with van der Waals surface area (Å²) in [5.74, 6) is -0.884. The van der Waals surface area contributed by atoms with E-state index in [9.17, 15) is 14.4 Å². The van der Waals surface area contributed by atoms with Crippen LogP contribution >= 0.6 is 0 Å². The van der Waals surface area contributed by atoms with E-state index in [1.807, 2.05) is 0 Å². The van der Waals surface area contributed by atoms with Gasteiger partial charge in [0.2, 0.25) is 0 Å². The van der Waals surface area contributed by atoms with Gasteiger partial charge in [0.05, 0.1) is 22.3 Å². The van der Waals surface area contributed by atoms with Crippen molar-refractivity contribution in [2.75, 3.05) is 14.2 Å². The Morgan fingerprint density at radius 3 is 2.00 bits per heavy atom. The predicted molar refractivity (Wildman–Crippen MR) is 93.3 cm³/mol. The van der Waals surface area contributed by atoms with Gasteiger partial charge in [-0.25, -0.2) is 0 Å². The number of hydrogen-bond donors (Lipinski definition) is 0. The highest BCUT2D eigenvalue weighted by atomic mass is 28.3. The maximum Gasteiger partial charge on any atom is 0.323 e. The number of carbonyl (C=O) groups is 3. The second-order valence-corrected chi connectivity index (χ2v) is 14.1. The molecular formula is C18H28O5Si. The number of ketones is 1. The lowest BCUT2D eigenvalue weighted by Gasteiger charge is -2.42. The van der Waals surface area contributed by atoms with Crippen LogP contribution in [0.1, 0.15) is 40.0 Å². The minimum absolute atomic E-state index is 0.0392. The third-order valence-electron chi connectivity index (χ3n) is 6.33. The molecule has 2 aliphatic carbocycles. The first-order valence-corrected chi connectivity index (χ1v) is 11.4. The van der Waals surface area contributed by atoms with Gasteiger partial charge >= 0.3 is 11.9 Å². The van der Waals surface area contributed by atoms with Crippen LogP contribution in [0.15, 0.2) is 11.1 Å². The third kappa shape index (κ3) is 2.55. The van der Waals surface area contributed by atoms with Gasteiger partial charge in [-0.05, 0) is 17.9 Å². The molecule has 0 saturated heterocycles. The summed E-state index contributed by atoms with van der Waals surface area (Å²) in [6.07, 6.45) is 0.853. The minimum atomic E-state index is -1.98. The lowest BCUT2D eigenvalue weighted by Crippen LogP contribution is -2.46. The highest BCUT2D eigenvalue weighted by Gasteiger charge is 2.60. The molecule has 0 amide bonds. The quantitative estimate of drug-likeness (QED) is 0.337.